The second-order valence-electron chi connectivity index (χ2n) is 3.25. The van der Waals surface area contributed by atoms with Crippen LogP contribution in [0.3, 0.4) is 0 Å². The molecule has 1 heterocycles. The van der Waals surface area contributed by atoms with Crippen LogP contribution in [0.1, 0.15) is 23.0 Å². The highest BCUT2D eigenvalue weighted by atomic mass is 127. The largest absolute Gasteiger partial charge is 0.573 e. The third kappa shape index (κ3) is 4.20. The third-order valence-electron chi connectivity index (χ3n) is 1.95. The lowest BCUT2D eigenvalue weighted by Gasteiger charge is -2.15. The fourth-order valence-corrected chi connectivity index (χ4v) is 1.93. The molecule has 0 amide bonds. The molecule has 0 radical (unpaired) electrons. The van der Waals surface area contributed by atoms with E-state index in [4.69, 9.17) is 5.73 Å². The van der Waals surface area contributed by atoms with Gasteiger partial charge in [0, 0.05) is 18.3 Å². The van der Waals surface area contributed by atoms with Gasteiger partial charge < -0.3 is 15.2 Å². The van der Waals surface area contributed by atoms with Crippen molar-refractivity contribution in [2.75, 3.05) is 6.61 Å². The first-order valence-electron chi connectivity index (χ1n) is 5.10. The standard InChI is InChI=1S/C10H10F3IN2O3/c1-2-18-9(17)7-8(19-10(11,12)13)6(14)5(3-15)4-16-7/h4H,2-3,15H2,1H3. The Balaban J connectivity index is 3.30. The summed E-state index contributed by atoms with van der Waals surface area (Å²) in [5.74, 6) is -1.67. The molecule has 0 aromatic carbocycles. The van der Waals surface area contributed by atoms with E-state index in [0.29, 0.717) is 5.56 Å². The first-order valence-corrected chi connectivity index (χ1v) is 6.18. The van der Waals surface area contributed by atoms with Crippen LogP contribution >= 0.6 is 22.6 Å². The number of carbonyl (C=O) groups is 1. The number of carbonyl (C=O) groups excluding carboxylic acids is 1. The minimum atomic E-state index is -4.93. The molecule has 0 aliphatic heterocycles. The van der Waals surface area contributed by atoms with E-state index < -0.39 is 23.8 Å². The monoisotopic (exact) mass is 390 g/mol. The molecule has 0 saturated heterocycles. The van der Waals surface area contributed by atoms with Crippen LogP contribution in [-0.2, 0) is 11.3 Å². The molecular weight excluding hydrogens is 380 g/mol. The number of hydrogen-bond donors (Lipinski definition) is 1. The molecule has 0 bridgehead atoms. The van der Waals surface area contributed by atoms with Crippen LogP contribution in [0.2, 0.25) is 0 Å². The van der Waals surface area contributed by atoms with Crippen LogP contribution in [-0.4, -0.2) is 23.9 Å². The van der Waals surface area contributed by atoms with Crippen LogP contribution in [0.15, 0.2) is 6.20 Å². The van der Waals surface area contributed by atoms with Gasteiger partial charge in [-0.1, -0.05) is 0 Å². The number of nitrogens with zero attached hydrogens (tertiary/aromatic N) is 1. The summed E-state index contributed by atoms with van der Waals surface area (Å²) >= 11 is 1.62. The summed E-state index contributed by atoms with van der Waals surface area (Å²) in [7, 11) is 0. The Labute approximate surface area is 120 Å². The molecule has 0 aliphatic rings. The topological polar surface area (TPSA) is 74.4 Å². The van der Waals surface area contributed by atoms with Crippen molar-refractivity contribution in [3.8, 4) is 5.75 Å². The number of alkyl halides is 3. The number of hydrogen-bond acceptors (Lipinski definition) is 5. The van der Waals surface area contributed by atoms with Gasteiger partial charge in [0.05, 0.1) is 10.2 Å². The summed E-state index contributed by atoms with van der Waals surface area (Å²) in [4.78, 5) is 15.2. The number of esters is 1. The van der Waals surface area contributed by atoms with Crippen molar-refractivity contribution in [2.24, 2.45) is 5.73 Å². The minimum Gasteiger partial charge on any atom is -0.461 e. The van der Waals surface area contributed by atoms with Crippen molar-refractivity contribution < 1.29 is 27.4 Å². The summed E-state index contributed by atoms with van der Waals surface area (Å²) in [6.45, 7) is 1.52. The average molecular weight is 390 g/mol. The first-order chi connectivity index (χ1) is 8.80. The number of ether oxygens (including phenoxy) is 2. The quantitative estimate of drug-likeness (QED) is 0.631. The molecule has 5 nitrogen and oxygen atoms in total. The van der Waals surface area contributed by atoms with Gasteiger partial charge in [-0.15, -0.1) is 13.2 Å². The van der Waals surface area contributed by atoms with Crippen LogP contribution in [0.25, 0.3) is 0 Å². The maximum atomic E-state index is 12.3. The smallest absolute Gasteiger partial charge is 0.461 e. The zero-order chi connectivity index (χ0) is 14.6. The van der Waals surface area contributed by atoms with E-state index in [9.17, 15) is 18.0 Å². The molecule has 0 atom stereocenters. The molecule has 0 spiro atoms. The second kappa shape index (κ2) is 6.37. The Kier molecular flexibility index (Phi) is 5.35. The number of pyridine rings is 1. The molecule has 0 fully saturated rings. The van der Waals surface area contributed by atoms with Crippen LogP contribution in [0, 0.1) is 3.57 Å². The van der Waals surface area contributed by atoms with Crippen molar-refractivity contribution >= 4 is 28.6 Å². The lowest BCUT2D eigenvalue weighted by molar-refractivity contribution is -0.275. The van der Waals surface area contributed by atoms with Gasteiger partial charge in [-0.3, -0.25) is 0 Å². The summed E-state index contributed by atoms with van der Waals surface area (Å²) in [6.07, 6.45) is -3.71. The molecule has 0 saturated carbocycles. The number of rotatable bonds is 4. The summed E-state index contributed by atoms with van der Waals surface area (Å²) in [5, 5.41) is 0. The molecule has 1 aromatic rings. The van der Waals surface area contributed by atoms with Crippen molar-refractivity contribution in [2.45, 2.75) is 19.8 Å². The van der Waals surface area contributed by atoms with Gasteiger partial charge in [0.2, 0.25) is 0 Å². The summed E-state index contributed by atoms with van der Waals surface area (Å²) in [6, 6.07) is 0. The molecule has 1 aromatic heterocycles. The van der Waals surface area contributed by atoms with Gasteiger partial charge in [0.1, 0.15) is 0 Å². The van der Waals surface area contributed by atoms with E-state index in [0.717, 1.165) is 0 Å². The zero-order valence-corrected chi connectivity index (χ0v) is 11.9. The minimum absolute atomic E-state index is 0.0151. The molecule has 1 rings (SSSR count). The predicted molar refractivity (Wildman–Crippen MR) is 67.5 cm³/mol. The van der Waals surface area contributed by atoms with Gasteiger partial charge in [0.15, 0.2) is 11.4 Å². The summed E-state index contributed by atoms with van der Waals surface area (Å²) in [5.41, 5.74) is 5.18. The highest BCUT2D eigenvalue weighted by molar-refractivity contribution is 14.1. The van der Waals surface area contributed by atoms with E-state index >= 15 is 0 Å². The predicted octanol–water partition coefficient (Wildman–Crippen LogP) is 2.22. The van der Waals surface area contributed by atoms with Gasteiger partial charge in [0.25, 0.3) is 0 Å². The fourth-order valence-electron chi connectivity index (χ4n) is 1.20. The molecule has 9 heteroatoms. The Hall–Kier alpha value is -1.10. The average Bonchev–Trinajstić information content (AvgIpc) is 2.30. The van der Waals surface area contributed by atoms with Gasteiger partial charge in [-0.2, -0.15) is 0 Å². The molecule has 106 valence electrons. The van der Waals surface area contributed by atoms with E-state index in [1.54, 1.807) is 22.6 Å². The van der Waals surface area contributed by atoms with Crippen molar-refractivity contribution in [1.82, 2.24) is 4.98 Å². The fraction of sp³-hybridized carbons (Fsp3) is 0.400. The van der Waals surface area contributed by atoms with Crippen molar-refractivity contribution in [3.63, 3.8) is 0 Å². The SMILES string of the molecule is CCOC(=O)c1ncc(CN)c(I)c1OC(F)(F)F. The van der Waals surface area contributed by atoms with E-state index in [2.05, 4.69) is 14.5 Å². The van der Waals surface area contributed by atoms with Crippen molar-refractivity contribution in [1.29, 1.82) is 0 Å². The van der Waals surface area contributed by atoms with E-state index in [1.165, 1.54) is 13.1 Å². The lowest BCUT2D eigenvalue weighted by atomic mass is 10.2. The summed E-state index contributed by atoms with van der Waals surface area (Å²) < 4.78 is 45.6. The molecule has 2 N–H and O–H groups in total. The van der Waals surface area contributed by atoms with Crippen LogP contribution in [0.5, 0.6) is 5.75 Å². The molecule has 19 heavy (non-hydrogen) atoms. The molecule has 0 aliphatic carbocycles. The Morgan fingerprint density at radius 2 is 2.16 bits per heavy atom. The highest BCUT2D eigenvalue weighted by Gasteiger charge is 2.35. The number of nitrogens with two attached hydrogens (primary N) is 1. The Morgan fingerprint density at radius 3 is 2.63 bits per heavy atom. The number of halogens is 4. The van der Waals surface area contributed by atoms with Gasteiger partial charge in [-0.25, -0.2) is 9.78 Å². The second-order valence-corrected chi connectivity index (χ2v) is 4.33. The maximum Gasteiger partial charge on any atom is 0.573 e. The Morgan fingerprint density at radius 1 is 1.53 bits per heavy atom. The van der Waals surface area contributed by atoms with Gasteiger partial charge in [-0.05, 0) is 29.5 Å². The van der Waals surface area contributed by atoms with E-state index in [1.807, 2.05) is 0 Å². The van der Waals surface area contributed by atoms with Gasteiger partial charge >= 0.3 is 12.3 Å². The zero-order valence-electron chi connectivity index (χ0n) is 9.75. The van der Waals surface area contributed by atoms with Crippen LogP contribution in [0.4, 0.5) is 13.2 Å². The lowest BCUT2D eigenvalue weighted by Crippen LogP contribution is -2.22. The number of aromatic nitrogens is 1. The normalized spacial score (nSPS) is 11.3. The highest BCUT2D eigenvalue weighted by Crippen LogP contribution is 2.32. The Bertz CT molecular complexity index is 480. The third-order valence-corrected chi connectivity index (χ3v) is 3.14. The molecular formula is C10H10F3IN2O3. The first kappa shape index (κ1) is 16.0. The molecule has 0 unspecified atom stereocenters. The van der Waals surface area contributed by atoms with E-state index in [-0.39, 0.29) is 16.7 Å². The van der Waals surface area contributed by atoms with Crippen LogP contribution < -0.4 is 10.5 Å². The maximum absolute atomic E-state index is 12.3. The van der Waals surface area contributed by atoms with Crippen molar-refractivity contribution in [3.05, 3.63) is 21.0 Å².